The molecule has 25 heavy (non-hydrogen) atoms. The van der Waals surface area contributed by atoms with Crippen LogP contribution < -0.4 is 10.6 Å². The summed E-state index contributed by atoms with van der Waals surface area (Å²) in [5.74, 6) is 0.791. The number of carbonyl (C=O) groups excluding carboxylic acids is 1. The van der Waals surface area contributed by atoms with E-state index in [2.05, 4.69) is 55.4 Å². The number of nitrogens with one attached hydrogen (secondary N) is 2. The van der Waals surface area contributed by atoms with Gasteiger partial charge in [0.05, 0.1) is 0 Å². The van der Waals surface area contributed by atoms with Crippen molar-refractivity contribution in [2.75, 3.05) is 25.0 Å². The van der Waals surface area contributed by atoms with Gasteiger partial charge < -0.3 is 10.6 Å². The maximum Gasteiger partial charge on any atom is 0.319 e. The Hall–Kier alpha value is -1.55. The first-order chi connectivity index (χ1) is 11.7. The minimum Gasteiger partial charge on any atom is -0.336 e. The van der Waals surface area contributed by atoms with Crippen molar-refractivity contribution in [3.05, 3.63) is 28.8 Å². The van der Waals surface area contributed by atoms with E-state index in [-0.39, 0.29) is 11.6 Å². The molecule has 0 unspecified atom stereocenters. The lowest BCUT2D eigenvalue weighted by atomic mass is 9.91. The predicted octanol–water partition coefficient (Wildman–Crippen LogP) is 4.63. The highest BCUT2D eigenvalue weighted by atomic mass is 16.2. The normalized spacial score (nSPS) is 18.9. The number of anilines is 1. The van der Waals surface area contributed by atoms with Crippen molar-refractivity contribution in [3.8, 4) is 0 Å². The number of carbonyl (C=O) groups is 1. The topological polar surface area (TPSA) is 44.4 Å². The van der Waals surface area contributed by atoms with E-state index in [0.29, 0.717) is 6.54 Å². The van der Waals surface area contributed by atoms with Crippen molar-refractivity contribution in [1.82, 2.24) is 10.2 Å². The quantitative estimate of drug-likeness (QED) is 0.817. The van der Waals surface area contributed by atoms with Crippen LogP contribution in [0.25, 0.3) is 0 Å². The molecule has 1 saturated heterocycles. The molecule has 0 aromatic heterocycles. The molecule has 2 N–H and O–H groups in total. The number of rotatable bonds is 5. The Balaban J connectivity index is 1.93. The van der Waals surface area contributed by atoms with E-state index in [0.717, 1.165) is 35.8 Å². The Morgan fingerprint density at radius 2 is 1.88 bits per heavy atom. The van der Waals surface area contributed by atoms with Crippen molar-refractivity contribution in [3.63, 3.8) is 0 Å². The van der Waals surface area contributed by atoms with Crippen LogP contribution in [0.5, 0.6) is 0 Å². The van der Waals surface area contributed by atoms with Crippen molar-refractivity contribution in [2.24, 2.45) is 5.92 Å². The Morgan fingerprint density at radius 3 is 2.48 bits per heavy atom. The summed E-state index contributed by atoms with van der Waals surface area (Å²) in [7, 11) is 0. The second kappa shape index (κ2) is 8.22. The molecule has 4 nitrogen and oxygen atoms in total. The molecule has 1 aliphatic heterocycles. The van der Waals surface area contributed by atoms with Crippen LogP contribution >= 0.6 is 0 Å². The number of likely N-dealkylation sites (tertiary alicyclic amines) is 1. The molecule has 1 fully saturated rings. The maximum absolute atomic E-state index is 12.4. The molecule has 1 heterocycles. The van der Waals surface area contributed by atoms with E-state index in [1.54, 1.807) is 0 Å². The molecule has 2 rings (SSSR count). The van der Waals surface area contributed by atoms with Crippen molar-refractivity contribution >= 4 is 11.7 Å². The largest absolute Gasteiger partial charge is 0.336 e. The first-order valence-corrected chi connectivity index (χ1v) is 9.60. The molecule has 2 amide bonds. The smallest absolute Gasteiger partial charge is 0.319 e. The molecule has 1 aliphatic rings. The van der Waals surface area contributed by atoms with E-state index in [9.17, 15) is 4.79 Å². The fourth-order valence-corrected chi connectivity index (χ4v) is 3.89. The van der Waals surface area contributed by atoms with Crippen LogP contribution in [0.4, 0.5) is 10.5 Å². The van der Waals surface area contributed by atoms with Gasteiger partial charge in [-0.05, 0) is 71.0 Å². The second-order valence-corrected chi connectivity index (χ2v) is 8.26. The Labute approximate surface area is 153 Å². The summed E-state index contributed by atoms with van der Waals surface area (Å²) in [5, 5.41) is 6.11. The van der Waals surface area contributed by atoms with E-state index in [1.165, 1.54) is 24.8 Å². The number of piperidine rings is 1. The van der Waals surface area contributed by atoms with Gasteiger partial charge in [-0.25, -0.2) is 4.79 Å². The van der Waals surface area contributed by atoms with Gasteiger partial charge in [-0.1, -0.05) is 31.0 Å². The number of amides is 2. The number of urea groups is 1. The summed E-state index contributed by atoms with van der Waals surface area (Å²) in [6.07, 6.45) is 3.84. The first kappa shape index (κ1) is 19.8. The van der Waals surface area contributed by atoms with Crippen LogP contribution in [0.15, 0.2) is 12.1 Å². The Morgan fingerprint density at radius 1 is 1.24 bits per heavy atom. The lowest BCUT2D eigenvalue weighted by molar-refractivity contribution is 0.0669. The van der Waals surface area contributed by atoms with Crippen LogP contribution in [0.2, 0.25) is 0 Å². The van der Waals surface area contributed by atoms with E-state index >= 15 is 0 Å². The zero-order valence-corrected chi connectivity index (χ0v) is 16.8. The second-order valence-electron chi connectivity index (χ2n) is 8.26. The minimum absolute atomic E-state index is 0.0253. The van der Waals surface area contributed by atoms with Gasteiger partial charge in [0.1, 0.15) is 0 Å². The molecule has 1 atom stereocenters. The number of benzene rings is 1. The van der Waals surface area contributed by atoms with Crippen molar-refractivity contribution in [2.45, 2.75) is 66.3 Å². The average Bonchev–Trinajstić information content (AvgIpc) is 2.56. The highest BCUT2D eigenvalue weighted by molar-refractivity contribution is 5.91. The van der Waals surface area contributed by atoms with Gasteiger partial charge in [-0.3, -0.25) is 4.90 Å². The molecule has 4 heteroatoms. The van der Waals surface area contributed by atoms with Gasteiger partial charge in [-0.2, -0.15) is 0 Å². The third-order valence-electron chi connectivity index (χ3n) is 5.55. The third kappa shape index (κ3) is 5.21. The van der Waals surface area contributed by atoms with Gasteiger partial charge in [-0.15, -0.1) is 0 Å². The van der Waals surface area contributed by atoms with E-state index < -0.39 is 0 Å². The van der Waals surface area contributed by atoms with Gasteiger partial charge >= 0.3 is 6.03 Å². The summed E-state index contributed by atoms with van der Waals surface area (Å²) >= 11 is 0. The van der Waals surface area contributed by atoms with Crippen LogP contribution in [-0.2, 0) is 0 Å². The molecular formula is C21H35N3O. The number of hydrogen-bond donors (Lipinski definition) is 2. The molecule has 0 radical (unpaired) electrons. The highest BCUT2D eigenvalue weighted by Crippen LogP contribution is 2.26. The van der Waals surface area contributed by atoms with Crippen LogP contribution in [0.1, 0.15) is 56.7 Å². The highest BCUT2D eigenvalue weighted by Gasteiger charge is 2.31. The summed E-state index contributed by atoms with van der Waals surface area (Å²) in [4.78, 5) is 14.9. The zero-order valence-electron chi connectivity index (χ0n) is 16.8. The van der Waals surface area contributed by atoms with Gasteiger partial charge in [0.25, 0.3) is 0 Å². The predicted molar refractivity (Wildman–Crippen MR) is 106 cm³/mol. The SMILES string of the molecule is CC[C@H]1CCCN(C(C)(C)CNC(=O)Nc2c(C)cc(C)cc2C)C1. The fourth-order valence-electron chi connectivity index (χ4n) is 3.89. The first-order valence-electron chi connectivity index (χ1n) is 9.60. The molecule has 140 valence electrons. The van der Waals surface area contributed by atoms with Gasteiger partial charge in [0.2, 0.25) is 0 Å². The lowest BCUT2D eigenvalue weighted by Crippen LogP contribution is -2.55. The molecule has 0 saturated carbocycles. The summed E-state index contributed by atoms with van der Waals surface area (Å²) in [5.41, 5.74) is 4.33. The average molecular weight is 346 g/mol. The fraction of sp³-hybridized carbons (Fsp3) is 0.667. The molecule has 0 bridgehead atoms. The standard InChI is InChI=1S/C21H35N3O/c1-7-18-9-8-10-24(13-18)21(5,6)14-22-20(25)23-19-16(3)11-15(2)12-17(19)4/h11-12,18H,7-10,13-14H2,1-6H3,(H2,22,23,25)/t18-/m0/s1. The summed E-state index contributed by atoms with van der Waals surface area (Å²) in [6.45, 7) is 15.8. The Bertz CT molecular complexity index is 586. The molecule has 1 aromatic carbocycles. The van der Waals surface area contributed by atoms with Gasteiger partial charge in [0.15, 0.2) is 0 Å². The molecule has 1 aromatic rings. The molecular weight excluding hydrogens is 310 g/mol. The number of hydrogen-bond acceptors (Lipinski definition) is 2. The zero-order chi connectivity index (χ0) is 18.6. The summed E-state index contributed by atoms with van der Waals surface area (Å²) < 4.78 is 0. The lowest BCUT2D eigenvalue weighted by Gasteiger charge is -2.43. The minimum atomic E-state index is -0.118. The molecule has 0 aliphatic carbocycles. The summed E-state index contributed by atoms with van der Waals surface area (Å²) in [6, 6.07) is 4.09. The number of nitrogens with zero attached hydrogens (tertiary/aromatic N) is 1. The Kier molecular flexibility index (Phi) is 6.50. The van der Waals surface area contributed by atoms with E-state index in [1.807, 2.05) is 13.8 Å². The molecule has 0 spiro atoms. The maximum atomic E-state index is 12.4. The van der Waals surface area contributed by atoms with Crippen molar-refractivity contribution in [1.29, 1.82) is 0 Å². The van der Waals surface area contributed by atoms with Crippen LogP contribution in [0.3, 0.4) is 0 Å². The van der Waals surface area contributed by atoms with Crippen LogP contribution in [0, 0.1) is 26.7 Å². The number of aryl methyl sites for hydroxylation is 3. The van der Waals surface area contributed by atoms with Gasteiger partial charge in [0, 0.05) is 24.3 Å². The van der Waals surface area contributed by atoms with Crippen molar-refractivity contribution < 1.29 is 4.79 Å². The van der Waals surface area contributed by atoms with Crippen LogP contribution in [-0.4, -0.2) is 36.1 Å². The van der Waals surface area contributed by atoms with E-state index in [4.69, 9.17) is 0 Å². The monoisotopic (exact) mass is 345 g/mol. The third-order valence-corrected chi connectivity index (χ3v) is 5.55.